The Balaban J connectivity index is 2.31. The van der Waals surface area contributed by atoms with Crippen molar-refractivity contribution >= 4 is 10.0 Å². The lowest BCUT2D eigenvalue weighted by molar-refractivity contribution is 0.398. The molecule has 1 atom stereocenters. The molecule has 2 rings (SSSR count). The number of hydrogen-bond acceptors (Lipinski definition) is 3. The Kier molecular flexibility index (Phi) is 4.11. The number of benzene rings is 2. The maximum Gasteiger partial charge on any atom is 0.243 e. The van der Waals surface area contributed by atoms with Crippen molar-refractivity contribution in [3.8, 4) is 5.75 Å². The minimum absolute atomic E-state index is 0.162. The predicted octanol–water partition coefficient (Wildman–Crippen LogP) is 2.77. The molecule has 0 amide bonds. The van der Waals surface area contributed by atoms with Crippen molar-refractivity contribution < 1.29 is 13.5 Å². The zero-order chi connectivity index (χ0) is 14.8. The fraction of sp³-hybridized carbons (Fsp3) is 0.200. The number of phenolic OH excluding ortho intramolecular Hbond substituents is 1. The first-order valence-electron chi connectivity index (χ1n) is 6.25. The Bertz CT molecular complexity index is 666. The van der Waals surface area contributed by atoms with Gasteiger partial charge in [-0.1, -0.05) is 30.3 Å². The SMILES string of the molecule is CC(c1ccc(O)cc1)N(C)S(=O)(=O)c1ccccc1. The summed E-state index contributed by atoms with van der Waals surface area (Å²) < 4.78 is 26.3. The van der Waals surface area contributed by atoms with Crippen LogP contribution in [0, 0.1) is 0 Å². The van der Waals surface area contributed by atoms with Crippen LogP contribution in [-0.4, -0.2) is 24.9 Å². The molecule has 0 saturated heterocycles. The van der Waals surface area contributed by atoms with Crippen LogP contribution in [0.4, 0.5) is 0 Å². The topological polar surface area (TPSA) is 57.6 Å². The summed E-state index contributed by atoms with van der Waals surface area (Å²) in [5.74, 6) is 0.162. The molecule has 0 aliphatic rings. The Labute approximate surface area is 119 Å². The minimum Gasteiger partial charge on any atom is -0.508 e. The van der Waals surface area contributed by atoms with E-state index in [1.165, 1.54) is 4.31 Å². The maximum atomic E-state index is 12.5. The van der Waals surface area contributed by atoms with Gasteiger partial charge in [-0.15, -0.1) is 0 Å². The van der Waals surface area contributed by atoms with Crippen LogP contribution in [-0.2, 0) is 10.0 Å². The number of sulfonamides is 1. The molecule has 4 nitrogen and oxygen atoms in total. The average Bonchev–Trinajstić information content (AvgIpc) is 2.47. The van der Waals surface area contributed by atoms with Crippen molar-refractivity contribution in [3.05, 3.63) is 60.2 Å². The Morgan fingerprint density at radius 3 is 2.10 bits per heavy atom. The van der Waals surface area contributed by atoms with Crippen molar-refractivity contribution in [3.63, 3.8) is 0 Å². The number of nitrogens with zero attached hydrogens (tertiary/aromatic N) is 1. The normalized spacial score (nSPS) is 13.3. The predicted molar refractivity (Wildman–Crippen MR) is 77.9 cm³/mol. The van der Waals surface area contributed by atoms with Crippen LogP contribution in [0.15, 0.2) is 59.5 Å². The van der Waals surface area contributed by atoms with Crippen LogP contribution in [0.3, 0.4) is 0 Å². The molecule has 0 heterocycles. The first-order chi connectivity index (χ1) is 9.43. The van der Waals surface area contributed by atoms with E-state index in [1.54, 1.807) is 61.6 Å². The zero-order valence-corrected chi connectivity index (χ0v) is 12.2. The van der Waals surface area contributed by atoms with E-state index in [1.807, 2.05) is 6.92 Å². The molecule has 2 aromatic carbocycles. The second kappa shape index (κ2) is 5.64. The van der Waals surface area contributed by atoms with Gasteiger partial charge in [0.05, 0.1) is 4.90 Å². The highest BCUT2D eigenvalue weighted by atomic mass is 32.2. The van der Waals surface area contributed by atoms with Crippen LogP contribution in [0.1, 0.15) is 18.5 Å². The molecule has 5 heteroatoms. The lowest BCUT2D eigenvalue weighted by Gasteiger charge is -2.24. The molecule has 1 unspecified atom stereocenters. The smallest absolute Gasteiger partial charge is 0.243 e. The molecule has 0 spiro atoms. The van der Waals surface area contributed by atoms with Gasteiger partial charge in [-0.05, 0) is 36.8 Å². The van der Waals surface area contributed by atoms with Crippen LogP contribution in [0.5, 0.6) is 5.75 Å². The fourth-order valence-corrected chi connectivity index (χ4v) is 3.30. The third-order valence-corrected chi connectivity index (χ3v) is 5.28. The summed E-state index contributed by atoms with van der Waals surface area (Å²) in [5.41, 5.74) is 0.824. The second-order valence-electron chi connectivity index (χ2n) is 4.60. The third kappa shape index (κ3) is 2.84. The number of hydrogen-bond donors (Lipinski definition) is 1. The molecule has 0 aliphatic heterocycles. The van der Waals surface area contributed by atoms with E-state index in [0.29, 0.717) is 0 Å². The van der Waals surface area contributed by atoms with Crippen LogP contribution in [0.2, 0.25) is 0 Å². The fourth-order valence-electron chi connectivity index (χ4n) is 1.93. The Morgan fingerprint density at radius 2 is 1.55 bits per heavy atom. The monoisotopic (exact) mass is 291 g/mol. The number of phenols is 1. The standard InChI is InChI=1S/C15H17NO3S/c1-12(13-8-10-14(17)11-9-13)16(2)20(18,19)15-6-4-3-5-7-15/h3-12,17H,1-2H3. The van der Waals surface area contributed by atoms with E-state index >= 15 is 0 Å². The zero-order valence-electron chi connectivity index (χ0n) is 11.4. The van der Waals surface area contributed by atoms with Gasteiger partial charge in [-0.3, -0.25) is 0 Å². The van der Waals surface area contributed by atoms with Gasteiger partial charge in [0.1, 0.15) is 5.75 Å². The first kappa shape index (κ1) is 14.6. The van der Waals surface area contributed by atoms with E-state index in [2.05, 4.69) is 0 Å². The van der Waals surface area contributed by atoms with Gasteiger partial charge in [0.2, 0.25) is 10.0 Å². The Hall–Kier alpha value is -1.85. The van der Waals surface area contributed by atoms with Crippen molar-refractivity contribution in [1.82, 2.24) is 4.31 Å². The van der Waals surface area contributed by atoms with Gasteiger partial charge in [0.15, 0.2) is 0 Å². The molecule has 20 heavy (non-hydrogen) atoms. The van der Waals surface area contributed by atoms with E-state index in [-0.39, 0.29) is 16.7 Å². The van der Waals surface area contributed by atoms with Gasteiger partial charge in [-0.25, -0.2) is 8.42 Å². The van der Waals surface area contributed by atoms with E-state index in [4.69, 9.17) is 0 Å². The second-order valence-corrected chi connectivity index (χ2v) is 6.60. The van der Waals surface area contributed by atoms with E-state index < -0.39 is 10.0 Å². The lowest BCUT2D eigenvalue weighted by Crippen LogP contribution is -2.29. The first-order valence-corrected chi connectivity index (χ1v) is 7.69. The summed E-state index contributed by atoms with van der Waals surface area (Å²) in [5, 5.41) is 9.28. The van der Waals surface area contributed by atoms with Crippen molar-refractivity contribution in [2.45, 2.75) is 17.9 Å². The molecule has 1 N–H and O–H groups in total. The minimum atomic E-state index is -3.53. The molecule has 0 bridgehead atoms. The van der Waals surface area contributed by atoms with Crippen molar-refractivity contribution in [2.75, 3.05) is 7.05 Å². The molecule has 2 aromatic rings. The summed E-state index contributed by atoms with van der Waals surface area (Å²) in [6.07, 6.45) is 0. The molecule has 0 fully saturated rings. The summed E-state index contributed by atoms with van der Waals surface area (Å²) in [4.78, 5) is 0.271. The van der Waals surface area contributed by atoms with Crippen molar-refractivity contribution in [1.29, 1.82) is 0 Å². The summed E-state index contributed by atoms with van der Waals surface area (Å²) >= 11 is 0. The number of rotatable bonds is 4. The van der Waals surface area contributed by atoms with E-state index in [9.17, 15) is 13.5 Å². The molecular formula is C15H17NO3S. The molecule has 0 aromatic heterocycles. The van der Waals surface area contributed by atoms with Crippen LogP contribution < -0.4 is 0 Å². The van der Waals surface area contributed by atoms with Gasteiger partial charge in [0, 0.05) is 13.1 Å². The molecule has 0 aliphatic carbocycles. The largest absolute Gasteiger partial charge is 0.508 e. The number of aromatic hydroxyl groups is 1. The van der Waals surface area contributed by atoms with E-state index in [0.717, 1.165) is 5.56 Å². The van der Waals surface area contributed by atoms with Gasteiger partial charge in [-0.2, -0.15) is 4.31 Å². The highest BCUT2D eigenvalue weighted by Gasteiger charge is 2.25. The third-order valence-electron chi connectivity index (χ3n) is 3.34. The van der Waals surface area contributed by atoms with Gasteiger partial charge in [0.25, 0.3) is 0 Å². The van der Waals surface area contributed by atoms with Crippen molar-refractivity contribution in [2.24, 2.45) is 0 Å². The summed E-state index contributed by atoms with van der Waals surface area (Å²) in [6, 6.07) is 14.6. The Morgan fingerprint density at radius 1 is 1.00 bits per heavy atom. The summed E-state index contributed by atoms with van der Waals surface area (Å²) in [7, 11) is -1.97. The quantitative estimate of drug-likeness (QED) is 0.942. The molecule has 0 radical (unpaired) electrons. The molecular weight excluding hydrogens is 274 g/mol. The molecule has 0 saturated carbocycles. The summed E-state index contributed by atoms with van der Waals surface area (Å²) in [6.45, 7) is 1.81. The maximum absolute atomic E-state index is 12.5. The van der Waals surface area contributed by atoms with Gasteiger partial charge >= 0.3 is 0 Å². The van der Waals surface area contributed by atoms with Crippen LogP contribution >= 0.6 is 0 Å². The van der Waals surface area contributed by atoms with Gasteiger partial charge < -0.3 is 5.11 Å². The highest BCUT2D eigenvalue weighted by Crippen LogP contribution is 2.26. The lowest BCUT2D eigenvalue weighted by atomic mass is 10.1. The average molecular weight is 291 g/mol. The highest BCUT2D eigenvalue weighted by molar-refractivity contribution is 7.89. The van der Waals surface area contributed by atoms with Crippen LogP contribution in [0.25, 0.3) is 0 Å². The molecule has 106 valence electrons.